The van der Waals surface area contributed by atoms with Gasteiger partial charge in [0.2, 0.25) is 0 Å². The van der Waals surface area contributed by atoms with Crippen LogP contribution in [0.4, 0.5) is 5.69 Å². The number of hydrogen-bond donors (Lipinski definition) is 2. The highest BCUT2D eigenvalue weighted by atomic mass is 35.5. The number of carbonyl (C=O) groups excluding carboxylic acids is 1. The molecular formula is C27H41ClN2O3Si. The first-order valence-electron chi connectivity index (χ1n) is 12.1. The summed E-state index contributed by atoms with van der Waals surface area (Å²) in [7, 11) is -1.97. The van der Waals surface area contributed by atoms with Crippen molar-refractivity contribution in [3.8, 4) is 0 Å². The Morgan fingerprint density at radius 1 is 1.09 bits per heavy atom. The van der Waals surface area contributed by atoms with Gasteiger partial charge in [-0.2, -0.15) is 0 Å². The van der Waals surface area contributed by atoms with Gasteiger partial charge in [0.05, 0.1) is 19.1 Å². The van der Waals surface area contributed by atoms with E-state index in [9.17, 15) is 4.79 Å². The number of benzene rings is 2. The van der Waals surface area contributed by atoms with Gasteiger partial charge in [-0.15, -0.1) is 0 Å². The van der Waals surface area contributed by atoms with Crippen LogP contribution in [0.1, 0.15) is 51.8 Å². The minimum atomic E-state index is -1.97. The molecule has 2 rings (SSSR count). The zero-order valence-electron chi connectivity index (χ0n) is 21.7. The lowest BCUT2D eigenvalue weighted by Gasteiger charge is -2.39. The number of carbonyl (C=O) groups is 1. The fraction of sp³-hybridized carbons (Fsp3) is 0.519. The van der Waals surface area contributed by atoms with Crippen molar-refractivity contribution in [1.82, 2.24) is 5.32 Å². The number of ether oxygens (including phenoxy) is 1. The van der Waals surface area contributed by atoms with Crippen LogP contribution in [-0.4, -0.2) is 40.0 Å². The standard InChI is InChI=1S/C27H41ClN2O3Si/c1-8-32-26(31)16-21-11-9-14-24(15-21)30-18-20(2)29-19-25(22-12-10-13-23(28)17-22)33-34(6,7)27(3,4)5/h9-15,17,20,25,29-30H,8,16,18-19H2,1-7H3. The molecule has 0 aliphatic carbocycles. The van der Waals surface area contributed by atoms with E-state index < -0.39 is 8.32 Å². The maximum absolute atomic E-state index is 11.8. The molecule has 0 fully saturated rings. The fourth-order valence-electron chi connectivity index (χ4n) is 3.29. The lowest BCUT2D eigenvalue weighted by atomic mass is 10.1. The summed E-state index contributed by atoms with van der Waals surface area (Å²) in [5.41, 5.74) is 3.02. The molecule has 0 bridgehead atoms. The highest BCUT2D eigenvalue weighted by Gasteiger charge is 2.39. The average molecular weight is 505 g/mol. The van der Waals surface area contributed by atoms with Gasteiger partial charge in [-0.25, -0.2) is 0 Å². The third-order valence-corrected chi connectivity index (χ3v) is 11.0. The molecule has 0 saturated heterocycles. The largest absolute Gasteiger partial charge is 0.466 e. The van der Waals surface area contributed by atoms with Crippen LogP contribution in [0.25, 0.3) is 0 Å². The zero-order valence-corrected chi connectivity index (χ0v) is 23.5. The predicted octanol–water partition coefficient (Wildman–Crippen LogP) is 6.60. The summed E-state index contributed by atoms with van der Waals surface area (Å²) in [6, 6.07) is 16.1. The molecule has 0 saturated carbocycles. The molecule has 0 aromatic heterocycles. The van der Waals surface area contributed by atoms with E-state index >= 15 is 0 Å². The molecule has 0 amide bonds. The molecule has 34 heavy (non-hydrogen) atoms. The van der Waals surface area contributed by atoms with E-state index in [1.807, 2.05) is 49.4 Å². The summed E-state index contributed by atoms with van der Waals surface area (Å²) in [5.74, 6) is -0.205. The van der Waals surface area contributed by atoms with Crippen molar-refractivity contribution < 1.29 is 14.0 Å². The van der Waals surface area contributed by atoms with Gasteiger partial charge in [-0.1, -0.05) is 56.6 Å². The first-order chi connectivity index (χ1) is 15.9. The lowest BCUT2D eigenvalue weighted by Crippen LogP contribution is -2.44. The van der Waals surface area contributed by atoms with Crippen LogP contribution in [0.5, 0.6) is 0 Å². The maximum Gasteiger partial charge on any atom is 0.310 e. The summed E-state index contributed by atoms with van der Waals surface area (Å²) in [4.78, 5) is 11.8. The number of hydrogen-bond acceptors (Lipinski definition) is 5. The lowest BCUT2D eigenvalue weighted by molar-refractivity contribution is -0.142. The Labute approximate surface area is 211 Å². The smallest absolute Gasteiger partial charge is 0.310 e. The summed E-state index contributed by atoms with van der Waals surface area (Å²) in [6.45, 7) is 17.1. The number of nitrogens with one attached hydrogen (secondary N) is 2. The van der Waals surface area contributed by atoms with Gasteiger partial charge in [0.25, 0.3) is 0 Å². The molecule has 2 aromatic rings. The molecule has 5 nitrogen and oxygen atoms in total. The van der Waals surface area contributed by atoms with Crippen LogP contribution in [0.15, 0.2) is 48.5 Å². The maximum atomic E-state index is 11.8. The number of esters is 1. The van der Waals surface area contributed by atoms with E-state index in [1.54, 1.807) is 0 Å². The summed E-state index contributed by atoms with van der Waals surface area (Å²) < 4.78 is 11.8. The van der Waals surface area contributed by atoms with Crippen LogP contribution < -0.4 is 10.6 Å². The van der Waals surface area contributed by atoms with Crippen molar-refractivity contribution in [2.75, 3.05) is 25.0 Å². The van der Waals surface area contributed by atoms with Crippen LogP contribution in [0, 0.1) is 0 Å². The third kappa shape index (κ3) is 9.06. The number of rotatable bonds is 12. The van der Waals surface area contributed by atoms with Crippen molar-refractivity contribution in [2.24, 2.45) is 0 Å². The highest BCUT2D eigenvalue weighted by molar-refractivity contribution is 6.74. The summed E-state index contributed by atoms with van der Waals surface area (Å²) in [6.07, 6.45) is 0.207. The molecule has 7 heteroatoms. The van der Waals surface area contributed by atoms with Crippen molar-refractivity contribution in [3.05, 3.63) is 64.7 Å². The topological polar surface area (TPSA) is 59.6 Å². The van der Waals surface area contributed by atoms with E-state index in [1.165, 1.54) is 0 Å². The molecule has 2 N–H and O–H groups in total. The van der Waals surface area contributed by atoms with E-state index in [0.717, 1.165) is 28.4 Å². The first-order valence-corrected chi connectivity index (χ1v) is 15.3. The Morgan fingerprint density at radius 3 is 2.44 bits per heavy atom. The molecular weight excluding hydrogens is 464 g/mol. The second-order valence-electron chi connectivity index (χ2n) is 10.3. The van der Waals surface area contributed by atoms with E-state index in [4.69, 9.17) is 20.8 Å². The number of halogens is 1. The minimum Gasteiger partial charge on any atom is -0.466 e. The van der Waals surface area contributed by atoms with Crippen molar-refractivity contribution >= 4 is 31.6 Å². The SMILES string of the molecule is CCOC(=O)Cc1cccc(NCC(C)NCC(O[Si](C)(C)C(C)(C)C)c2cccc(Cl)c2)c1. The third-order valence-electron chi connectivity index (χ3n) is 6.31. The Morgan fingerprint density at radius 2 is 1.79 bits per heavy atom. The first kappa shape index (κ1) is 28.4. The quantitative estimate of drug-likeness (QED) is 0.252. The van der Waals surface area contributed by atoms with Crippen LogP contribution >= 0.6 is 11.6 Å². The summed E-state index contributed by atoms with van der Waals surface area (Å²) in [5, 5.41) is 7.93. The zero-order chi connectivity index (χ0) is 25.4. The van der Waals surface area contributed by atoms with Crippen LogP contribution in [0.2, 0.25) is 23.2 Å². The van der Waals surface area contributed by atoms with E-state index in [2.05, 4.69) is 57.5 Å². The number of anilines is 1. The molecule has 0 radical (unpaired) electrons. The predicted molar refractivity (Wildman–Crippen MR) is 145 cm³/mol. The second-order valence-corrected chi connectivity index (χ2v) is 15.5. The van der Waals surface area contributed by atoms with Crippen molar-refractivity contribution in [3.63, 3.8) is 0 Å². The molecule has 0 aliphatic rings. The van der Waals surface area contributed by atoms with E-state index in [-0.39, 0.29) is 29.6 Å². The molecule has 2 aromatic carbocycles. The Hall–Kier alpha value is -1.86. The van der Waals surface area contributed by atoms with Gasteiger partial charge in [-0.3, -0.25) is 4.79 Å². The Balaban J connectivity index is 1.99. The Kier molecular flexibility index (Phi) is 10.6. The Bertz CT molecular complexity index is 930. The molecule has 0 aliphatic heterocycles. The van der Waals surface area contributed by atoms with Gasteiger partial charge >= 0.3 is 5.97 Å². The summed E-state index contributed by atoms with van der Waals surface area (Å²) >= 11 is 6.29. The fourth-order valence-corrected chi connectivity index (χ4v) is 4.77. The van der Waals surface area contributed by atoms with Crippen molar-refractivity contribution in [1.29, 1.82) is 0 Å². The molecule has 2 unspecified atom stereocenters. The van der Waals surface area contributed by atoms with Gasteiger partial charge in [-0.05, 0) is 67.4 Å². The minimum absolute atomic E-state index is 0.0741. The van der Waals surface area contributed by atoms with Gasteiger partial charge in [0.15, 0.2) is 8.32 Å². The van der Waals surface area contributed by atoms with Gasteiger partial charge in [0, 0.05) is 29.8 Å². The molecule has 2 atom stereocenters. The van der Waals surface area contributed by atoms with Crippen LogP contribution in [0.3, 0.4) is 0 Å². The van der Waals surface area contributed by atoms with E-state index in [0.29, 0.717) is 13.2 Å². The highest BCUT2D eigenvalue weighted by Crippen LogP contribution is 2.39. The van der Waals surface area contributed by atoms with Gasteiger partial charge in [0.1, 0.15) is 0 Å². The molecule has 188 valence electrons. The molecule has 0 heterocycles. The molecule has 0 spiro atoms. The monoisotopic (exact) mass is 504 g/mol. The average Bonchev–Trinajstić information content (AvgIpc) is 2.74. The van der Waals surface area contributed by atoms with Crippen LogP contribution in [-0.2, 0) is 20.4 Å². The normalized spacial score (nSPS) is 13.9. The second kappa shape index (κ2) is 12.7. The van der Waals surface area contributed by atoms with Crippen molar-refractivity contribution in [2.45, 2.75) is 71.3 Å². The van der Waals surface area contributed by atoms with Gasteiger partial charge < -0.3 is 19.8 Å².